The first-order valence-electron chi connectivity index (χ1n) is 6.19. The Bertz CT molecular complexity index is 352. The highest BCUT2D eigenvalue weighted by molar-refractivity contribution is 5.97. The van der Waals surface area contributed by atoms with Crippen LogP contribution in [-0.2, 0) is 14.2 Å². The third kappa shape index (κ3) is 2.51. The van der Waals surface area contributed by atoms with Crippen molar-refractivity contribution >= 4 is 11.8 Å². The first-order valence-corrected chi connectivity index (χ1v) is 6.19. The van der Waals surface area contributed by atoms with Crippen LogP contribution in [0.5, 0.6) is 0 Å². The minimum Gasteiger partial charge on any atom is -0.483 e. The Balaban J connectivity index is 3.21. The molecule has 0 spiro atoms. The van der Waals surface area contributed by atoms with E-state index in [9.17, 15) is 0 Å². The van der Waals surface area contributed by atoms with Gasteiger partial charge in [0.05, 0.1) is 20.3 Å². The maximum absolute atomic E-state index is 5.41. The Morgan fingerprint density at radius 1 is 1.11 bits per heavy atom. The lowest BCUT2D eigenvalue weighted by Gasteiger charge is -2.36. The Morgan fingerprint density at radius 2 is 1.72 bits per heavy atom. The molecule has 0 aromatic heterocycles. The summed E-state index contributed by atoms with van der Waals surface area (Å²) in [4.78, 5) is 9.30. The van der Waals surface area contributed by atoms with Crippen molar-refractivity contribution in [2.24, 2.45) is 15.9 Å². The van der Waals surface area contributed by atoms with Crippen LogP contribution in [0.2, 0.25) is 0 Å². The van der Waals surface area contributed by atoms with Gasteiger partial charge in [-0.15, -0.1) is 0 Å². The highest BCUT2D eigenvalue weighted by Gasteiger charge is 2.44. The van der Waals surface area contributed by atoms with Crippen molar-refractivity contribution in [2.45, 2.75) is 45.4 Å². The maximum Gasteiger partial charge on any atom is 0.215 e. The Kier molecular flexibility index (Phi) is 4.73. The quantitative estimate of drug-likeness (QED) is 0.775. The monoisotopic (exact) mass is 256 g/mol. The zero-order valence-corrected chi connectivity index (χ0v) is 12.4. The van der Waals surface area contributed by atoms with Gasteiger partial charge in [-0.2, -0.15) is 0 Å². The SMILES string of the molecule is COC1=NC(C)(C(C)OC)C(OC)=NC1C(C)C. The van der Waals surface area contributed by atoms with Crippen LogP contribution in [0.3, 0.4) is 0 Å². The van der Waals surface area contributed by atoms with E-state index >= 15 is 0 Å². The van der Waals surface area contributed by atoms with E-state index in [0.29, 0.717) is 17.7 Å². The number of rotatable bonds is 3. The molecule has 0 saturated carbocycles. The number of hydrogen-bond acceptors (Lipinski definition) is 5. The lowest BCUT2D eigenvalue weighted by Crippen LogP contribution is -2.51. The van der Waals surface area contributed by atoms with Crippen LogP contribution in [0.25, 0.3) is 0 Å². The Morgan fingerprint density at radius 3 is 2.11 bits per heavy atom. The van der Waals surface area contributed by atoms with Gasteiger partial charge in [0, 0.05) is 7.11 Å². The van der Waals surface area contributed by atoms with Crippen LogP contribution in [-0.4, -0.2) is 50.8 Å². The van der Waals surface area contributed by atoms with Crippen molar-refractivity contribution in [1.29, 1.82) is 0 Å². The van der Waals surface area contributed by atoms with Gasteiger partial charge in [0.25, 0.3) is 0 Å². The summed E-state index contributed by atoms with van der Waals surface area (Å²) in [5, 5.41) is 0. The minimum absolute atomic E-state index is 0.0953. The normalized spacial score (nSPS) is 29.7. The summed E-state index contributed by atoms with van der Waals surface area (Å²) in [5.74, 6) is 1.53. The summed E-state index contributed by atoms with van der Waals surface area (Å²) >= 11 is 0. The van der Waals surface area contributed by atoms with Crippen LogP contribution in [0, 0.1) is 5.92 Å². The molecule has 1 aliphatic heterocycles. The third-order valence-corrected chi connectivity index (χ3v) is 3.46. The van der Waals surface area contributed by atoms with Gasteiger partial charge < -0.3 is 14.2 Å². The Hall–Kier alpha value is -1.10. The molecule has 0 N–H and O–H groups in total. The molecule has 5 nitrogen and oxygen atoms in total. The summed E-state index contributed by atoms with van der Waals surface area (Å²) in [5.41, 5.74) is -0.639. The fraction of sp³-hybridized carbons (Fsp3) is 0.846. The van der Waals surface area contributed by atoms with E-state index < -0.39 is 5.54 Å². The molecule has 18 heavy (non-hydrogen) atoms. The molecule has 0 aromatic carbocycles. The smallest absolute Gasteiger partial charge is 0.215 e. The van der Waals surface area contributed by atoms with E-state index in [1.807, 2.05) is 13.8 Å². The molecular formula is C13H24N2O3. The molecule has 5 heteroatoms. The van der Waals surface area contributed by atoms with E-state index in [0.717, 1.165) is 0 Å². The van der Waals surface area contributed by atoms with Gasteiger partial charge in [-0.25, -0.2) is 9.98 Å². The number of hydrogen-bond donors (Lipinski definition) is 0. The molecule has 0 saturated heterocycles. The summed E-state index contributed by atoms with van der Waals surface area (Å²) < 4.78 is 16.2. The second-order valence-corrected chi connectivity index (χ2v) is 5.01. The van der Waals surface area contributed by atoms with E-state index in [2.05, 4.69) is 23.8 Å². The average Bonchev–Trinajstić information content (AvgIpc) is 2.36. The van der Waals surface area contributed by atoms with Crippen LogP contribution >= 0.6 is 0 Å². The van der Waals surface area contributed by atoms with E-state index in [-0.39, 0.29) is 12.1 Å². The molecule has 1 aliphatic rings. The van der Waals surface area contributed by atoms with E-state index in [4.69, 9.17) is 14.2 Å². The summed E-state index contributed by atoms with van der Waals surface area (Å²) in [6.07, 6.45) is -0.144. The van der Waals surface area contributed by atoms with Crippen molar-refractivity contribution in [3.05, 3.63) is 0 Å². The third-order valence-electron chi connectivity index (χ3n) is 3.46. The van der Waals surface area contributed by atoms with Crippen LogP contribution < -0.4 is 0 Å². The lowest BCUT2D eigenvalue weighted by atomic mass is 9.92. The van der Waals surface area contributed by atoms with Gasteiger partial charge >= 0.3 is 0 Å². The predicted molar refractivity (Wildman–Crippen MR) is 72.4 cm³/mol. The lowest BCUT2D eigenvalue weighted by molar-refractivity contribution is 0.0718. The number of methoxy groups -OCH3 is 3. The van der Waals surface area contributed by atoms with Gasteiger partial charge in [0.1, 0.15) is 6.04 Å². The highest BCUT2D eigenvalue weighted by Crippen LogP contribution is 2.28. The van der Waals surface area contributed by atoms with Crippen LogP contribution in [0.1, 0.15) is 27.7 Å². The second kappa shape index (κ2) is 5.69. The summed E-state index contributed by atoms with van der Waals surface area (Å²) in [6.45, 7) is 8.05. The molecule has 1 rings (SSSR count). The molecule has 104 valence electrons. The van der Waals surface area contributed by atoms with Gasteiger partial charge in [-0.3, -0.25) is 0 Å². The van der Waals surface area contributed by atoms with Crippen LogP contribution in [0.15, 0.2) is 9.98 Å². The molecule has 0 amide bonds. The number of aliphatic imine (C=N–C) groups is 2. The zero-order chi connectivity index (χ0) is 13.9. The molecule has 3 atom stereocenters. The average molecular weight is 256 g/mol. The molecule has 0 fully saturated rings. The molecule has 0 aromatic rings. The molecule has 3 unspecified atom stereocenters. The highest BCUT2D eigenvalue weighted by atomic mass is 16.5. The fourth-order valence-electron chi connectivity index (χ4n) is 2.01. The van der Waals surface area contributed by atoms with Crippen molar-refractivity contribution in [3.8, 4) is 0 Å². The fourth-order valence-corrected chi connectivity index (χ4v) is 2.01. The topological polar surface area (TPSA) is 52.4 Å². The standard InChI is InChI=1S/C13H24N2O3/c1-8(2)10-11(17-6)15-13(4,9(3)16-5)12(14-10)18-7/h8-10H,1-7H3. The Labute approximate surface area is 109 Å². The van der Waals surface area contributed by atoms with Crippen molar-refractivity contribution in [3.63, 3.8) is 0 Å². The minimum atomic E-state index is -0.639. The van der Waals surface area contributed by atoms with Gasteiger partial charge in [0.15, 0.2) is 5.54 Å². The first-order chi connectivity index (χ1) is 8.40. The molecule has 0 aliphatic carbocycles. The van der Waals surface area contributed by atoms with Crippen molar-refractivity contribution < 1.29 is 14.2 Å². The van der Waals surface area contributed by atoms with E-state index in [1.165, 1.54) is 0 Å². The van der Waals surface area contributed by atoms with Crippen molar-refractivity contribution in [2.75, 3.05) is 21.3 Å². The van der Waals surface area contributed by atoms with E-state index in [1.54, 1.807) is 21.3 Å². The number of nitrogens with zero attached hydrogens (tertiary/aromatic N) is 2. The number of ether oxygens (including phenoxy) is 3. The van der Waals surface area contributed by atoms with Crippen molar-refractivity contribution in [1.82, 2.24) is 0 Å². The summed E-state index contributed by atoms with van der Waals surface area (Å²) in [6, 6.07) is -0.0953. The molecular weight excluding hydrogens is 232 g/mol. The second-order valence-electron chi connectivity index (χ2n) is 5.01. The largest absolute Gasteiger partial charge is 0.483 e. The van der Waals surface area contributed by atoms with Crippen LogP contribution in [0.4, 0.5) is 0 Å². The molecule has 1 heterocycles. The van der Waals surface area contributed by atoms with Gasteiger partial charge in [-0.1, -0.05) is 13.8 Å². The zero-order valence-electron chi connectivity index (χ0n) is 12.4. The molecule has 0 radical (unpaired) electrons. The summed E-state index contributed by atoms with van der Waals surface area (Å²) in [7, 11) is 4.89. The maximum atomic E-state index is 5.41. The molecule has 0 bridgehead atoms. The van der Waals surface area contributed by atoms with Gasteiger partial charge in [0.2, 0.25) is 11.8 Å². The first kappa shape index (κ1) is 15.0. The van der Waals surface area contributed by atoms with Gasteiger partial charge in [-0.05, 0) is 19.8 Å². The predicted octanol–water partition coefficient (Wildman–Crippen LogP) is 1.91.